The lowest BCUT2D eigenvalue weighted by atomic mass is 10.1. The molecule has 0 unspecified atom stereocenters. The van der Waals surface area contributed by atoms with Crippen molar-refractivity contribution >= 4 is 11.7 Å². The van der Waals surface area contributed by atoms with Crippen LogP contribution in [0.1, 0.15) is 12.0 Å². The van der Waals surface area contributed by atoms with Crippen LogP contribution in [0.4, 0.5) is 5.82 Å². The molecule has 28 heavy (non-hydrogen) atoms. The molecule has 10 heteroatoms. The van der Waals surface area contributed by atoms with Gasteiger partial charge in [-0.15, -0.1) is 0 Å². The molecule has 2 aliphatic heterocycles. The van der Waals surface area contributed by atoms with E-state index in [1.165, 1.54) is 16.9 Å². The quantitative estimate of drug-likeness (QED) is 0.543. The van der Waals surface area contributed by atoms with Crippen LogP contribution in [0.5, 0.6) is 11.5 Å². The van der Waals surface area contributed by atoms with E-state index >= 15 is 0 Å². The molecule has 10 nitrogen and oxygen atoms in total. The highest BCUT2D eigenvalue weighted by Gasteiger charge is 2.22. The van der Waals surface area contributed by atoms with E-state index in [4.69, 9.17) is 9.47 Å². The fourth-order valence-electron chi connectivity index (χ4n) is 3.39. The van der Waals surface area contributed by atoms with Gasteiger partial charge in [-0.05, 0) is 22.6 Å². The van der Waals surface area contributed by atoms with E-state index < -0.39 is 4.92 Å². The molecule has 4 rings (SSSR count). The fourth-order valence-corrected chi connectivity index (χ4v) is 3.39. The van der Waals surface area contributed by atoms with E-state index in [1.54, 1.807) is 0 Å². The van der Waals surface area contributed by atoms with Gasteiger partial charge in [-0.2, -0.15) is 4.68 Å². The van der Waals surface area contributed by atoms with Crippen LogP contribution < -0.4 is 9.47 Å². The summed E-state index contributed by atoms with van der Waals surface area (Å²) in [7, 11) is 0. The number of piperazine rings is 1. The maximum absolute atomic E-state index is 12.4. The van der Waals surface area contributed by atoms with Crippen molar-refractivity contribution in [1.82, 2.24) is 19.6 Å². The summed E-state index contributed by atoms with van der Waals surface area (Å²) in [6.45, 7) is 4.34. The number of rotatable bonds is 6. The van der Waals surface area contributed by atoms with Crippen molar-refractivity contribution in [2.45, 2.75) is 19.5 Å². The molecule has 0 saturated carbocycles. The third kappa shape index (κ3) is 4.06. The molecule has 3 heterocycles. The van der Waals surface area contributed by atoms with Gasteiger partial charge >= 0.3 is 5.82 Å². The first-order chi connectivity index (χ1) is 13.6. The SMILES string of the molecule is O=C(CCn1ccc([N+](=O)[O-])n1)N1CCN(Cc2ccc3c(c2)OCO3)CC1. The molecule has 0 atom stereocenters. The highest BCUT2D eigenvalue weighted by molar-refractivity contribution is 5.76. The molecule has 1 fully saturated rings. The Bertz CT molecular complexity index is 875. The van der Waals surface area contributed by atoms with Crippen molar-refractivity contribution < 1.29 is 19.2 Å². The first-order valence-electron chi connectivity index (χ1n) is 9.15. The van der Waals surface area contributed by atoms with Crippen LogP contribution in [0, 0.1) is 10.1 Å². The third-order valence-electron chi connectivity index (χ3n) is 4.94. The van der Waals surface area contributed by atoms with Gasteiger partial charge in [0.2, 0.25) is 12.7 Å². The van der Waals surface area contributed by atoms with Crippen molar-refractivity contribution in [1.29, 1.82) is 0 Å². The molecule has 1 aromatic carbocycles. The summed E-state index contributed by atoms with van der Waals surface area (Å²) in [4.78, 5) is 26.7. The molecule has 1 saturated heterocycles. The number of benzene rings is 1. The van der Waals surface area contributed by atoms with E-state index in [1.807, 2.05) is 23.1 Å². The number of hydrogen-bond donors (Lipinski definition) is 0. The number of aromatic nitrogens is 2. The Kier molecular flexibility index (Phi) is 5.11. The van der Waals surface area contributed by atoms with Crippen LogP contribution in [-0.2, 0) is 17.9 Å². The number of ether oxygens (including phenoxy) is 2. The molecule has 1 aromatic heterocycles. The smallest absolute Gasteiger partial charge is 0.389 e. The van der Waals surface area contributed by atoms with Crippen LogP contribution in [0.3, 0.4) is 0 Å². The molecule has 2 aromatic rings. The number of hydrogen-bond acceptors (Lipinski definition) is 7. The standard InChI is InChI=1S/C18H21N5O5/c24-18(4-6-22-5-3-17(19-22)23(25)26)21-9-7-20(8-10-21)12-14-1-2-15-16(11-14)28-13-27-15/h1-3,5,11H,4,6-10,12-13H2. The van der Waals surface area contributed by atoms with Gasteiger partial charge in [-0.3, -0.25) is 9.69 Å². The number of carbonyl (C=O) groups is 1. The topological polar surface area (TPSA) is 103 Å². The van der Waals surface area contributed by atoms with E-state index in [2.05, 4.69) is 10.00 Å². The second-order valence-corrected chi connectivity index (χ2v) is 6.79. The number of fused-ring (bicyclic) bond motifs is 1. The van der Waals surface area contributed by atoms with E-state index in [0.717, 1.165) is 36.7 Å². The summed E-state index contributed by atoms with van der Waals surface area (Å²) in [6.07, 6.45) is 1.80. The van der Waals surface area contributed by atoms with Gasteiger partial charge in [0.1, 0.15) is 0 Å². The molecule has 0 aliphatic carbocycles. The molecular weight excluding hydrogens is 366 g/mol. The summed E-state index contributed by atoms with van der Waals surface area (Å²) in [5, 5.41) is 14.5. The highest BCUT2D eigenvalue weighted by atomic mass is 16.7. The molecule has 0 spiro atoms. The summed E-state index contributed by atoms with van der Waals surface area (Å²) >= 11 is 0. The average molecular weight is 387 g/mol. The third-order valence-corrected chi connectivity index (χ3v) is 4.94. The Balaban J connectivity index is 1.23. The van der Waals surface area contributed by atoms with Gasteiger partial charge in [0.25, 0.3) is 0 Å². The molecule has 2 aliphatic rings. The van der Waals surface area contributed by atoms with E-state index in [-0.39, 0.29) is 24.9 Å². The summed E-state index contributed by atoms with van der Waals surface area (Å²) in [5.41, 5.74) is 1.16. The number of aryl methyl sites for hydroxylation is 1. The number of nitrogens with zero attached hydrogens (tertiary/aromatic N) is 5. The zero-order valence-corrected chi connectivity index (χ0v) is 15.3. The van der Waals surface area contributed by atoms with Gasteiger partial charge < -0.3 is 24.5 Å². The first-order valence-corrected chi connectivity index (χ1v) is 9.15. The predicted molar refractivity (Wildman–Crippen MR) is 97.9 cm³/mol. The van der Waals surface area contributed by atoms with Crippen LogP contribution in [0.15, 0.2) is 30.5 Å². The van der Waals surface area contributed by atoms with Gasteiger partial charge in [0, 0.05) is 39.1 Å². The fraction of sp³-hybridized carbons (Fsp3) is 0.444. The lowest BCUT2D eigenvalue weighted by Gasteiger charge is -2.34. The lowest BCUT2D eigenvalue weighted by Crippen LogP contribution is -2.48. The zero-order valence-electron chi connectivity index (χ0n) is 15.3. The molecular formula is C18H21N5O5. The summed E-state index contributed by atoms with van der Waals surface area (Å²) < 4.78 is 12.2. The van der Waals surface area contributed by atoms with Crippen molar-refractivity contribution in [2.24, 2.45) is 0 Å². The number of nitro groups is 1. The Morgan fingerprint density at radius 3 is 2.68 bits per heavy atom. The molecule has 0 bridgehead atoms. The number of amides is 1. The summed E-state index contributed by atoms with van der Waals surface area (Å²) in [5.74, 6) is 1.40. The minimum atomic E-state index is -0.544. The van der Waals surface area contributed by atoms with Crippen LogP contribution >= 0.6 is 0 Å². The highest BCUT2D eigenvalue weighted by Crippen LogP contribution is 2.32. The largest absolute Gasteiger partial charge is 0.454 e. The van der Waals surface area contributed by atoms with Crippen molar-refractivity contribution in [2.75, 3.05) is 33.0 Å². The van der Waals surface area contributed by atoms with Crippen molar-refractivity contribution in [3.63, 3.8) is 0 Å². The van der Waals surface area contributed by atoms with Gasteiger partial charge in [0.05, 0.1) is 23.9 Å². The second kappa shape index (κ2) is 7.85. The minimum absolute atomic E-state index is 0.0425. The minimum Gasteiger partial charge on any atom is -0.454 e. The Hall–Kier alpha value is -3.14. The van der Waals surface area contributed by atoms with Gasteiger partial charge in [-0.1, -0.05) is 6.07 Å². The molecule has 0 radical (unpaired) electrons. The predicted octanol–water partition coefficient (Wildman–Crippen LogP) is 1.25. The maximum Gasteiger partial charge on any atom is 0.389 e. The molecule has 148 valence electrons. The average Bonchev–Trinajstić information content (AvgIpc) is 3.36. The molecule has 0 N–H and O–H groups in total. The van der Waals surface area contributed by atoms with Crippen LogP contribution in [0.25, 0.3) is 0 Å². The maximum atomic E-state index is 12.4. The van der Waals surface area contributed by atoms with Crippen LogP contribution in [-0.4, -0.2) is 63.4 Å². The van der Waals surface area contributed by atoms with Crippen molar-refractivity contribution in [3.8, 4) is 11.5 Å². The van der Waals surface area contributed by atoms with Gasteiger partial charge in [0.15, 0.2) is 11.5 Å². The van der Waals surface area contributed by atoms with E-state index in [9.17, 15) is 14.9 Å². The van der Waals surface area contributed by atoms with Crippen molar-refractivity contribution in [3.05, 3.63) is 46.1 Å². The normalized spacial score (nSPS) is 16.4. The number of carbonyl (C=O) groups excluding carboxylic acids is 1. The first kappa shape index (κ1) is 18.2. The summed E-state index contributed by atoms with van der Waals surface area (Å²) in [6, 6.07) is 7.30. The van der Waals surface area contributed by atoms with E-state index in [0.29, 0.717) is 19.6 Å². The Labute approximate surface area is 161 Å². The lowest BCUT2D eigenvalue weighted by molar-refractivity contribution is -0.389. The second-order valence-electron chi connectivity index (χ2n) is 6.79. The Morgan fingerprint density at radius 2 is 1.93 bits per heavy atom. The van der Waals surface area contributed by atoms with Gasteiger partial charge in [-0.25, -0.2) is 0 Å². The zero-order chi connectivity index (χ0) is 19.5. The monoisotopic (exact) mass is 387 g/mol. The van der Waals surface area contributed by atoms with Crippen LogP contribution in [0.2, 0.25) is 0 Å². The Morgan fingerprint density at radius 1 is 1.14 bits per heavy atom. The molecule has 1 amide bonds.